The normalized spacial score (nSPS) is 12.2. The summed E-state index contributed by atoms with van der Waals surface area (Å²) < 4.78 is 6.72. The van der Waals surface area contributed by atoms with Crippen LogP contribution >= 0.6 is 15.9 Å². The maximum Gasteiger partial charge on any atom is 0.124 e. The molecule has 0 spiro atoms. The van der Waals surface area contributed by atoms with Gasteiger partial charge < -0.3 is 10.5 Å². The molecule has 0 bridgehead atoms. The smallest absolute Gasteiger partial charge is 0.124 e. The van der Waals surface area contributed by atoms with Crippen molar-refractivity contribution in [1.82, 2.24) is 0 Å². The van der Waals surface area contributed by atoms with Crippen molar-refractivity contribution >= 4 is 15.9 Å². The van der Waals surface area contributed by atoms with Crippen molar-refractivity contribution in [1.29, 1.82) is 0 Å². The summed E-state index contributed by atoms with van der Waals surface area (Å²) >= 11 is 3.43. The maximum absolute atomic E-state index is 5.90. The molecule has 2 nitrogen and oxygen atoms in total. The number of hydrogen-bond acceptors (Lipinski definition) is 2. The summed E-state index contributed by atoms with van der Waals surface area (Å²) in [6.45, 7) is 8.44. The van der Waals surface area contributed by atoms with Crippen molar-refractivity contribution < 1.29 is 4.74 Å². The number of halogens is 1. The van der Waals surface area contributed by atoms with Crippen molar-refractivity contribution in [2.75, 3.05) is 6.61 Å². The predicted molar refractivity (Wildman–Crippen MR) is 71.7 cm³/mol. The van der Waals surface area contributed by atoms with Gasteiger partial charge in [-0.1, -0.05) is 21.5 Å². The molecule has 0 fully saturated rings. The molecule has 0 saturated heterocycles. The Kier molecular flexibility index (Phi) is 5.03. The quantitative estimate of drug-likeness (QED) is 0.834. The van der Waals surface area contributed by atoms with E-state index >= 15 is 0 Å². The first-order chi connectivity index (χ1) is 7.50. The van der Waals surface area contributed by atoms with Gasteiger partial charge in [-0.2, -0.15) is 0 Å². The van der Waals surface area contributed by atoms with Gasteiger partial charge in [-0.05, 0) is 32.0 Å². The highest BCUT2D eigenvalue weighted by atomic mass is 79.9. The van der Waals surface area contributed by atoms with Gasteiger partial charge in [0.05, 0.1) is 6.61 Å². The van der Waals surface area contributed by atoms with E-state index in [1.807, 2.05) is 32.0 Å². The van der Waals surface area contributed by atoms with Gasteiger partial charge in [-0.25, -0.2) is 0 Å². The lowest BCUT2D eigenvalue weighted by atomic mass is 10.1. The Labute approximate surface area is 106 Å². The highest BCUT2D eigenvalue weighted by molar-refractivity contribution is 9.10. The molecule has 1 aromatic carbocycles. The minimum absolute atomic E-state index is 0.0303. The van der Waals surface area contributed by atoms with Crippen LogP contribution in [0.2, 0.25) is 0 Å². The molecule has 3 heteroatoms. The Morgan fingerprint density at radius 1 is 1.56 bits per heavy atom. The van der Waals surface area contributed by atoms with E-state index in [9.17, 15) is 0 Å². The lowest BCUT2D eigenvalue weighted by Gasteiger charge is -2.14. The molecule has 0 aliphatic carbocycles. The Morgan fingerprint density at radius 2 is 2.25 bits per heavy atom. The van der Waals surface area contributed by atoms with Crippen LogP contribution in [0.5, 0.6) is 5.75 Å². The summed E-state index contributed by atoms with van der Waals surface area (Å²) in [5.41, 5.74) is 8.05. The molecule has 0 radical (unpaired) electrons. The van der Waals surface area contributed by atoms with Gasteiger partial charge >= 0.3 is 0 Å². The van der Waals surface area contributed by atoms with Gasteiger partial charge in [-0.15, -0.1) is 6.58 Å². The van der Waals surface area contributed by atoms with E-state index in [2.05, 4.69) is 22.5 Å². The summed E-state index contributed by atoms with van der Waals surface area (Å²) in [7, 11) is 0. The van der Waals surface area contributed by atoms with E-state index in [4.69, 9.17) is 10.5 Å². The van der Waals surface area contributed by atoms with Crippen LogP contribution in [0.4, 0.5) is 0 Å². The second kappa shape index (κ2) is 6.06. The van der Waals surface area contributed by atoms with Crippen molar-refractivity contribution in [2.24, 2.45) is 5.73 Å². The van der Waals surface area contributed by atoms with Gasteiger partial charge in [0.2, 0.25) is 0 Å². The molecule has 0 aliphatic heterocycles. The van der Waals surface area contributed by atoms with Gasteiger partial charge in [0.15, 0.2) is 0 Å². The van der Waals surface area contributed by atoms with Crippen LogP contribution in [0.3, 0.4) is 0 Å². The fourth-order valence-corrected chi connectivity index (χ4v) is 1.72. The van der Waals surface area contributed by atoms with Crippen LogP contribution in [0, 0.1) is 0 Å². The van der Waals surface area contributed by atoms with E-state index < -0.39 is 0 Å². The molecule has 88 valence electrons. The molecule has 1 rings (SSSR count). The lowest BCUT2D eigenvalue weighted by Crippen LogP contribution is -2.08. The van der Waals surface area contributed by atoms with Gasteiger partial charge in [-0.3, -0.25) is 0 Å². The largest absolute Gasteiger partial charge is 0.493 e. The van der Waals surface area contributed by atoms with Crippen molar-refractivity contribution in [3.63, 3.8) is 0 Å². The number of benzene rings is 1. The third-order valence-corrected chi connectivity index (χ3v) is 2.74. The van der Waals surface area contributed by atoms with Crippen molar-refractivity contribution in [3.05, 3.63) is 40.4 Å². The summed E-state index contributed by atoms with van der Waals surface area (Å²) in [6, 6.07) is 5.88. The maximum atomic E-state index is 5.90. The first-order valence-corrected chi connectivity index (χ1v) is 6.12. The van der Waals surface area contributed by atoms with Crippen molar-refractivity contribution in [2.45, 2.75) is 26.3 Å². The first-order valence-electron chi connectivity index (χ1n) is 5.33. The Balaban J connectivity index is 2.74. The summed E-state index contributed by atoms with van der Waals surface area (Å²) in [5, 5.41) is 0. The van der Waals surface area contributed by atoms with Gasteiger partial charge in [0.25, 0.3) is 0 Å². The number of nitrogens with two attached hydrogens (primary N) is 1. The highest BCUT2D eigenvalue weighted by Gasteiger charge is 2.08. The molecule has 0 aromatic heterocycles. The summed E-state index contributed by atoms with van der Waals surface area (Å²) in [6.07, 6.45) is 0.870. The topological polar surface area (TPSA) is 35.2 Å². The fraction of sp³-hybridized carbons (Fsp3) is 0.385. The molecule has 0 aliphatic rings. The monoisotopic (exact) mass is 283 g/mol. The summed E-state index contributed by atoms with van der Waals surface area (Å²) in [4.78, 5) is 0. The average Bonchev–Trinajstić information content (AvgIpc) is 2.19. The van der Waals surface area contributed by atoms with Crippen LogP contribution in [0.15, 0.2) is 34.8 Å². The number of hydrogen-bond donors (Lipinski definition) is 1. The molecule has 0 unspecified atom stereocenters. The molecule has 1 atom stereocenters. The first kappa shape index (κ1) is 13.3. The number of rotatable bonds is 5. The standard InChI is InChI=1S/C13H18BrNO/c1-9(2)6-7-16-13-5-4-11(14)8-12(13)10(3)15/h4-5,8,10H,1,6-7,15H2,2-3H3/t10-/m0/s1. The second-order valence-corrected chi connectivity index (χ2v) is 4.94. The lowest BCUT2D eigenvalue weighted by molar-refractivity contribution is 0.317. The van der Waals surface area contributed by atoms with E-state index in [0.29, 0.717) is 6.61 Å². The van der Waals surface area contributed by atoms with E-state index in [-0.39, 0.29) is 6.04 Å². The van der Waals surface area contributed by atoms with Crippen LogP contribution in [-0.4, -0.2) is 6.61 Å². The molecule has 1 aromatic rings. The average molecular weight is 284 g/mol. The minimum atomic E-state index is -0.0303. The fourth-order valence-electron chi connectivity index (χ4n) is 1.34. The third-order valence-electron chi connectivity index (χ3n) is 2.25. The van der Waals surface area contributed by atoms with Crippen LogP contribution in [0.1, 0.15) is 31.9 Å². The van der Waals surface area contributed by atoms with E-state index in [0.717, 1.165) is 27.8 Å². The molecule has 16 heavy (non-hydrogen) atoms. The molecule has 0 saturated carbocycles. The molecular formula is C13H18BrNO. The van der Waals surface area contributed by atoms with E-state index in [1.165, 1.54) is 0 Å². The third kappa shape index (κ3) is 3.99. The highest BCUT2D eigenvalue weighted by Crippen LogP contribution is 2.27. The molecule has 0 heterocycles. The Hall–Kier alpha value is -0.800. The van der Waals surface area contributed by atoms with Crippen LogP contribution < -0.4 is 10.5 Å². The summed E-state index contributed by atoms with van der Waals surface area (Å²) in [5.74, 6) is 0.861. The molecule has 2 N–H and O–H groups in total. The van der Waals surface area contributed by atoms with Gasteiger partial charge in [0, 0.05) is 22.5 Å². The Bertz CT molecular complexity index is 374. The Morgan fingerprint density at radius 3 is 2.81 bits per heavy atom. The van der Waals surface area contributed by atoms with Crippen molar-refractivity contribution in [3.8, 4) is 5.75 Å². The minimum Gasteiger partial charge on any atom is -0.493 e. The second-order valence-electron chi connectivity index (χ2n) is 4.03. The zero-order valence-electron chi connectivity index (χ0n) is 9.79. The zero-order valence-corrected chi connectivity index (χ0v) is 11.4. The predicted octanol–water partition coefficient (Wildman–Crippen LogP) is 3.81. The van der Waals surface area contributed by atoms with Crippen LogP contribution in [-0.2, 0) is 0 Å². The SMILES string of the molecule is C=C(C)CCOc1ccc(Br)cc1[C@H](C)N. The van der Waals surface area contributed by atoms with Gasteiger partial charge in [0.1, 0.15) is 5.75 Å². The van der Waals surface area contributed by atoms with E-state index in [1.54, 1.807) is 0 Å². The van der Waals surface area contributed by atoms with Crippen LogP contribution in [0.25, 0.3) is 0 Å². The molecular weight excluding hydrogens is 266 g/mol. The molecule has 0 amide bonds. The zero-order chi connectivity index (χ0) is 12.1. The number of ether oxygens (including phenoxy) is 1.